The van der Waals surface area contributed by atoms with Gasteiger partial charge in [-0.3, -0.25) is 9.89 Å². The second kappa shape index (κ2) is 10.6. The van der Waals surface area contributed by atoms with E-state index in [4.69, 9.17) is 4.74 Å². The maximum atomic E-state index is 12.9. The number of nitrogens with one attached hydrogen (secondary N) is 3. The minimum Gasteiger partial charge on any atom is -0.457 e. The van der Waals surface area contributed by atoms with E-state index in [9.17, 15) is 4.79 Å². The van der Waals surface area contributed by atoms with Crippen LogP contribution in [0, 0.1) is 0 Å². The third kappa shape index (κ3) is 5.28. The molecule has 0 aliphatic carbocycles. The molecule has 0 aliphatic rings. The fourth-order valence-electron chi connectivity index (χ4n) is 3.95. The maximum absolute atomic E-state index is 12.9. The van der Waals surface area contributed by atoms with Gasteiger partial charge in [0.2, 0.25) is 0 Å². The number of anilines is 2. The molecule has 0 saturated heterocycles. The lowest BCUT2D eigenvalue weighted by Crippen LogP contribution is -2.14. The molecule has 0 spiro atoms. The topological polar surface area (TPSA) is 79.0 Å². The number of fused-ring (bicyclic) bond motifs is 1. The molecule has 0 atom stereocenters. The van der Waals surface area contributed by atoms with E-state index in [1.54, 1.807) is 12.1 Å². The quantitative estimate of drug-likeness (QED) is 0.222. The highest BCUT2D eigenvalue weighted by Crippen LogP contribution is 2.28. The number of amides is 1. The number of aromatic nitrogens is 2. The molecule has 6 nitrogen and oxygen atoms in total. The molecule has 6 heteroatoms. The summed E-state index contributed by atoms with van der Waals surface area (Å²) in [5.74, 6) is 1.11. The number of aromatic amines is 1. The number of nitrogens with zero attached hydrogens (tertiary/aromatic N) is 1. The van der Waals surface area contributed by atoms with Crippen LogP contribution in [0.4, 0.5) is 11.4 Å². The molecular weight excluding hydrogens is 448 g/mol. The van der Waals surface area contributed by atoms with E-state index in [1.165, 1.54) is 0 Å². The lowest BCUT2D eigenvalue weighted by Gasteiger charge is -2.12. The maximum Gasteiger partial charge on any atom is 0.257 e. The molecule has 0 bridgehead atoms. The monoisotopic (exact) mass is 474 g/mol. The van der Waals surface area contributed by atoms with Crippen molar-refractivity contribution < 1.29 is 9.53 Å². The van der Waals surface area contributed by atoms with Crippen molar-refractivity contribution in [2.24, 2.45) is 0 Å². The summed E-state index contributed by atoms with van der Waals surface area (Å²) in [4.78, 5) is 12.9. The van der Waals surface area contributed by atoms with Crippen LogP contribution in [0.5, 0.6) is 11.5 Å². The fraction of sp³-hybridized carbons (Fsp3) is 0.0667. The number of rotatable bonds is 8. The van der Waals surface area contributed by atoms with Crippen LogP contribution in [0.25, 0.3) is 23.1 Å². The lowest BCUT2D eigenvalue weighted by molar-refractivity contribution is 0.102. The number of hydrogen-bond acceptors (Lipinski definition) is 4. The lowest BCUT2D eigenvalue weighted by atomic mass is 10.1. The fourth-order valence-corrected chi connectivity index (χ4v) is 3.95. The average molecular weight is 475 g/mol. The van der Waals surface area contributed by atoms with Gasteiger partial charge < -0.3 is 15.4 Å². The highest BCUT2D eigenvalue weighted by Gasteiger charge is 2.11. The first-order chi connectivity index (χ1) is 17.7. The Morgan fingerprint density at radius 1 is 0.889 bits per heavy atom. The van der Waals surface area contributed by atoms with Crippen molar-refractivity contribution in [2.75, 3.05) is 17.2 Å². The SMILES string of the molecule is CCNc1ccccc1C(=O)Nc1cccc(Oc2ccc3c(/C=C/c4ccccc4)n[nH]c3c2)c1. The average Bonchev–Trinajstić information content (AvgIpc) is 3.31. The zero-order chi connectivity index (χ0) is 24.7. The molecule has 1 aromatic heterocycles. The number of H-pyrrole nitrogens is 1. The number of carbonyl (C=O) groups excluding carboxylic acids is 1. The normalized spacial score (nSPS) is 11.0. The van der Waals surface area contributed by atoms with E-state index < -0.39 is 0 Å². The summed E-state index contributed by atoms with van der Waals surface area (Å²) in [6.07, 6.45) is 4.03. The van der Waals surface area contributed by atoms with Crippen LogP contribution in [0.3, 0.4) is 0 Å². The third-order valence-electron chi connectivity index (χ3n) is 5.66. The molecule has 0 fully saturated rings. The van der Waals surface area contributed by atoms with Crippen LogP contribution >= 0.6 is 0 Å². The van der Waals surface area contributed by atoms with Gasteiger partial charge in [-0.15, -0.1) is 0 Å². The van der Waals surface area contributed by atoms with Gasteiger partial charge in [0.25, 0.3) is 5.91 Å². The summed E-state index contributed by atoms with van der Waals surface area (Å²) >= 11 is 0. The summed E-state index contributed by atoms with van der Waals surface area (Å²) in [7, 11) is 0. The minimum atomic E-state index is -0.182. The van der Waals surface area contributed by atoms with Crippen molar-refractivity contribution in [2.45, 2.75) is 6.92 Å². The van der Waals surface area contributed by atoms with Crippen molar-refractivity contribution in [1.82, 2.24) is 10.2 Å². The first kappa shape index (κ1) is 22.9. The van der Waals surface area contributed by atoms with Gasteiger partial charge >= 0.3 is 0 Å². The summed E-state index contributed by atoms with van der Waals surface area (Å²) in [6.45, 7) is 2.73. The molecule has 5 rings (SSSR count). The zero-order valence-electron chi connectivity index (χ0n) is 19.9. The molecule has 0 aliphatic heterocycles. The van der Waals surface area contributed by atoms with Crippen LogP contribution in [0.1, 0.15) is 28.5 Å². The Hall–Kier alpha value is -4.84. The molecule has 178 valence electrons. The van der Waals surface area contributed by atoms with E-state index in [0.717, 1.165) is 34.4 Å². The van der Waals surface area contributed by atoms with E-state index in [0.29, 0.717) is 22.7 Å². The van der Waals surface area contributed by atoms with Crippen LogP contribution in [0.2, 0.25) is 0 Å². The zero-order valence-corrected chi connectivity index (χ0v) is 19.9. The van der Waals surface area contributed by atoms with Gasteiger partial charge in [-0.25, -0.2) is 0 Å². The van der Waals surface area contributed by atoms with Crippen molar-refractivity contribution in [3.8, 4) is 11.5 Å². The van der Waals surface area contributed by atoms with Gasteiger partial charge in [-0.05, 0) is 55.0 Å². The van der Waals surface area contributed by atoms with E-state index in [-0.39, 0.29) is 5.91 Å². The molecule has 3 N–H and O–H groups in total. The molecule has 5 aromatic rings. The van der Waals surface area contributed by atoms with Gasteiger partial charge in [0, 0.05) is 35.4 Å². The summed E-state index contributed by atoms with van der Waals surface area (Å²) in [5.41, 5.74) is 4.90. The van der Waals surface area contributed by atoms with Crippen molar-refractivity contribution in [3.05, 3.63) is 114 Å². The second-order valence-electron chi connectivity index (χ2n) is 8.22. The Kier molecular flexibility index (Phi) is 6.76. The summed E-state index contributed by atoms with van der Waals surface area (Å²) < 4.78 is 6.09. The Labute approximate surface area is 209 Å². The highest BCUT2D eigenvalue weighted by molar-refractivity contribution is 6.08. The summed E-state index contributed by atoms with van der Waals surface area (Å²) in [5, 5.41) is 14.7. The first-order valence-corrected chi connectivity index (χ1v) is 11.8. The van der Waals surface area contributed by atoms with Crippen molar-refractivity contribution in [3.63, 3.8) is 0 Å². The van der Waals surface area contributed by atoms with Crippen LogP contribution in [0.15, 0.2) is 97.1 Å². The first-order valence-electron chi connectivity index (χ1n) is 11.8. The molecule has 36 heavy (non-hydrogen) atoms. The van der Waals surface area contributed by atoms with Gasteiger partial charge in [0.15, 0.2) is 0 Å². The Morgan fingerprint density at radius 3 is 2.56 bits per heavy atom. The number of para-hydroxylation sites is 1. The summed E-state index contributed by atoms with van der Waals surface area (Å²) in [6, 6.07) is 30.7. The van der Waals surface area contributed by atoms with Crippen LogP contribution < -0.4 is 15.4 Å². The third-order valence-corrected chi connectivity index (χ3v) is 5.66. The molecule has 1 amide bonds. The van der Waals surface area contributed by atoms with Gasteiger partial charge in [-0.2, -0.15) is 5.10 Å². The predicted molar refractivity (Wildman–Crippen MR) is 147 cm³/mol. The van der Waals surface area contributed by atoms with E-state index >= 15 is 0 Å². The second-order valence-corrected chi connectivity index (χ2v) is 8.22. The number of benzene rings is 4. The highest BCUT2D eigenvalue weighted by atomic mass is 16.5. The predicted octanol–water partition coefficient (Wildman–Crippen LogP) is 7.21. The molecule has 4 aromatic carbocycles. The van der Waals surface area contributed by atoms with Crippen LogP contribution in [-0.2, 0) is 0 Å². The minimum absolute atomic E-state index is 0.182. The molecule has 1 heterocycles. The largest absolute Gasteiger partial charge is 0.457 e. The van der Waals surface area contributed by atoms with E-state index in [2.05, 4.69) is 33.0 Å². The molecular formula is C30H26N4O2. The number of hydrogen-bond donors (Lipinski definition) is 3. The van der Waals surface area contributed by atoms with E-state index in [1.807, 2.05) is 91.9 Å². The van der Waals surface area contributed by atoms with Crippen molar-refractivity contribution in [1.29, 1.82) is 0 Å². The number of ether oxygens (including phenoxy) is 1. The Morgan fingerprint density at radius 2 is 1.69 bits per heavy atom. The smallest absolute Gasteiger partial charge is 0.257 e. The van der Waals surface area contributed by atoms with Gasteiger partial charge in [0.1, 0.15) is 11.5 Å². The molecule has 0 unspecified atom stereocenters. The van der Waals surface area contributed by atoms with Gasteiger partial charge in [-0.1, -0.05) is 54.6 Å². The molecule has 0 radical (unpaired) electrons. The number of carbonyl (C=O) groups is 1. The molecule has 0 saturated carbocycles. The van der Waals surface area contributed by atoms with Crippen LogP contribution in [-0.4, -0.2) is 22.6 Å². The van der Waals surface area contributed by atoms with Gasteiger partial charge in [0.05, 0.1) is 16.8 Å². The van der Waals surface area contributed by atoms with Crippen molar-refractivity contribution >= 4 is 40.3 Å². The Balaban J connectivity index is 1.30. The standard InChI is InChI=1S/C30H26N4O2/c1-2-31-27-14-7-6-13-26(27)30(35)32-22-11-8-12-23(19-22)36-24-16-17-25-28(33-34-29(25)20-24)18-15-21-9-4-3-5-10-21/h3-20,31H,2H2,1H3,(H,32,35)(H,33,34)/b18-15+. The Bertz CT molecular complexity index is 1520.